The van der Waals surface area contributed by atoms with Crippen molar-refractivity contribution in [2.24, 2.45) is 11.7 Å². The quantitative estimate of drug-likeness (QED) is 0.797. The topological polar surface area (TPSA) is 94.0 Å². The van der Waals surface area contributed by atoms with E-state index in [2.05, 4.69) is 10.3 Å². The molecule has 6 nitrogen and oxygen atoms in total. The van der Waals surface area contributed by atoms with Crippen LogP contribution in [0.4, 0.5) is 0 Å². The molecule has 17 heavy (non-hydrogen) atoms. The van der Waals surface area contributed by atoms with E-state index in [1.807, 2.05) is 6.20 Å². The summed E-state index contributed by atoms with van der Waals surface area (Å²) < 4.78 is 1.77. The van der Waals surface area contributed by atoms with Gasteiger partial charge in [-0.2, -0.15) is 0 Å². The lowest BCUT2D eigenvalue weighted by Gasteiger charge is -2.14. The Hall–Kier alpha value is -1.43. The van der Waals surface area contributed by atoms with E-state index >= 15 is 0 Å². The summed E-state index contributed by atoms with van der Waals surface area (Å²) in [7, 11) is 0. The maximum Gasteiger partial charge on any atom is 0.306 e. The lowest BCUT2D eigenvalue weighted by molar-refractivity contribution is -0.141. The summed E-state index contributed by atoms with van der Waals surface area (Å²) >= 11 is 0. The molecular weight excluding hydrogens is 220 g/mol. The lowest BCUT2D eigenvalue weighted by Crippen LogP contribution is -2.27. The number of nitrogens with two attached hydrogens (primary N) is 1. The van der Waals surface area contributed by atoms with Gasteiger partial charge in [0.25, 0.3) is 0 Å². The molecule has 0 bridgehead atoms. The van der Waals surface area contributed by atoms with Crippen LogP contribution in [0.2, 0.25) is 0 Å². The van der Waals surface area contributed by atoms with Gasteiger partial charge in [-0.15, -0.1) is 5.10 Å². The third-order valence-electron chi connectivity index (χ3n) is 3.79. The first-order chi connectivity index (χ1) is 8.15. The molecule has 1 heterocycles. The predicted molar refractivity (Wildman–Crippen MR) is 59.4 cm³/mol. The Morgan fingerprint density at radius 3 is 2.82 bits per heavy atom. The van der Waals surface area contributed by atoms with Crippen molar-refractivity contribution >= 4 is 5.97 Å². The molecule has 2 aliphatic carbocycles. The Morgan fingerprint density at radius 1 is 1.47 bits per heavy atom. The number of hydrogen-bond acceptors (Lipinski definition) is 4. The summed E-state index contributed by atoms with van der Waals surface area (Å²) in [5.41, 5.74) is 7.01. The second-order valence-electron chi connectivity index (χ2n) is 5.14. The Balaban J connectivity index is 1.76. The Bertz CT molecular complexity index is 440. The number of aliphatic carboxylic acids is 1. The Labute approximate surface area is 98.8 Å². The van der Waals surface area contributed by atoms with Crippen molar-refractivity contribution in [1.82, 2.24) is 15.0 Å². The number of aromatic nitrogens is 3. The number of carbonyl (C=O) groups is 1. The van der Waals surface area contributed by atoms with E-state index in [4.69, 9.17) is 10.8 Å². The first kappa shape index (κ1) is 10.7. The van der Waals surface area contributed by atoms with Gasteiger partial charge in [0.2, 0.25) is 0 Å². The van der Waals surface area contributed by atoms with Crippen LogP contribution in [-0.2, 0) is 4.79 Å². The van der Waals surface area contributed by atoms with Crippen molar-refractivity contribution in [2.75, 3.05) is 0 Å². The molecule has 3 atom stereocenters. The molecular formula is C11H16N4O2. The van der Waals surface area contributed by atoms with Crippen LogP contribution < -0.4 is 5.73 Å². The standard InChI is InChI=1S/C11H16N4O2/c12-8-3-7(11(16)17)4-10(8)15-5-9(13-14-15)6-1-2-6/h5-8,10H,1-4,12H2,(H,16,17)/t7?,8-,10+/m1/s1. The molecule has 0 radical (unpaired) electrons. The predicted octanol–water partition coefficient (Wildman–Crippen LogP) is 0.518. The van der Waals surface area contributed by atoms with Crippen LogP contribution in [0, 0.1) is 5.92 Å². The number of carboxylic acids is 1. The van der Waals surface area contributed by atoms with E-state index in [-0.39, 0.29) is 18.0 Å². The van der Waals surface area contributed by atoms with Crippen molar-refractivity contribution in [3.8, 4) is 0 Å². The second kappa shape index (κ2) is 3.80. The summed E-state index contributed by atoms with van der Waals surface area (Å²) in [6.45, 7) is 0. The molecule has 3 rings (SSSR count). The summed E-state index contributed by atoms with van der Waals surface area (Å²) in [4.78, 5) is 10.9. The van der Waals surface area contributed by atoms with E-state index in [9.17, 15) is 4.79 Å². The minimum Gasteiger partial charge on any atom is -0.481 e. The van der Waals surface area contributed by atoms with Crippen molar-refractivity contribution in [2.45, 2.75) is 43.7 Å². The van der Waals surface area contributed by atoms with Crippen molar-refractivity contribution in [1.29, 1.82) is 0 Å². The molecule has 2 saturated carbocycles. The molecule has 0 aliphatic heterocycles. The van der Waals surface area contributed by atoms with Crippen LogP contribution in [0.3, 0.4) is 0 Å². The van der Waals surface area contributed by atoms with Gasteiger partial charge in [0.15, 0.2) is 0 Å². The zero-order valence-corrected chi connectivity index (χ0v) is 9.49. The van der Waals surface area contributed by atoms with Crippen LogP contribution in [0.25, 0.3) is 0 Å². The Kier molecular flexibility index (Phi) is 2.39. The van der Waals surface area contributed by atoms with Crippen LogP contribution in [0.5, 0.6) is 0 Å². The number of rotatable bonds is 3. The molecule has 1 unspecified atom stereocenters. The van der Waals surface area contributed by atoms with E-state index < -0.39 is 5.97 Å². The van der Waals surface area contributed by atoms with E-state index in [1.165, 1.54) is 12.8 Å². The SMILES string of the molecule is N[C@@H]1CC(C(=O)O)C[C@@H]1n1cc(C2CC2)nn1. The van der Waals surface area contributed by atoms with Crippen molar-refractivity contribution in [3.05, 3.63) is 11.9 Å². The van der Waals surface area contributed by atoms with Gasteiger partial charge in [-0.05, 0) is 25.7 Å². The van der Waals surface area contributed by atoms with Gasteiger partial charge >= 0.3 is 5.97 Å². The minimum absolute atomic E-state index is 0.0175. The van der Waals surface area contributed by atoms with E-state index in [0.717, 1.165) is 5.69 Å². The minimum atomic E-state index is -0.759. The summed E-state index contributed by atoms with van der Waals surface area (Å²) in [6, 6.07) is -0.152. The molecule has 0 spiro atoms. The molecule has 0 saturated heterocycles. The van der Waals surface area contributed by atoms with Gasteiger partial charge < -0.3 is 10.8 Å². The molecule has 0 amide bonds. The smallest absolute Gasteiger partial charge is 0.306 e. The fourth-order valence-electron chi connectivity index (χ4n) is 2.57. The fourth-order valence-corrected chi connectivity index (χ4v) is 2.57. The lowest BCUT2D eigenvalue weighted by atomic mass is 10.1. The van der Waals surface area contributed by atoms with E-state index in [0.29, 0.717) is 18.8 Å². The maximum atomic E-state index is 10.9. The maximum absolute atomic E-state index is 10.9. The fraction of sp³-hybridized carbons (Fsp3) is 0.727. The molecule has 6 heteroatoms. The summed E-state index contributed by atoms with van der Waals surface area (Å²) in [5, 5.41) is 17.2. The summed E-state index contributed by atoms with van der Waals surface area (Å²) in [6.07, 6.45) is 5.40. The van der Waals surface area contributed by atoms with Crippen LogP contribution >= 0.6 is 0 Å². The summed E-state index contributed by atoms with van der Waals surface area (Å²) in [5.74, 6) is -0.536. The van der Waals surface area contributed by atoms with Gasteiger partial charge in [-0.3, -0.25) is 4.79 Å². The first-order valence-electron chi connectivity index (χ1n) is 6.05. The first-order valence-corrected chi connectivity index (χ1v) is 6.05. The third kappa shape index (κ3) is 1.93. The molecule has 1 aromatic heterocycles. The highest BCUT2D eigenvalue weighted by Crippen LogP contribution is 2.40. The molecule has 2 aliphatic rings. The third-order valence-corrected chi connectivity index (χ3v) is 3.79. The highest BCUT2D eigenvalue weighted by atomic mass is 16.4. The number of nitrogens with zero attached hydrogens (tertiary/aromatic N) is 3. The monoisotopic (exact) mass is 236 g/mol. The number of carboxylic acid groups (broad SMARTS) is 1. The molecule has 92 valence electrons. The van der Waals surface area contributed by atoms with Gasteiger partial charge in [0, 0.05) is 18.2 Å². The zero-order chi connectivity index (χ0) is 12.0. The molecule has 2 fully saturated rings. The van der Waals surface area contributed by atoms with Gasteiger partial charge in [0.1, 0.15) is 0 Å². The van der Waals surface area contributed by atoms with E-state index in [1.54, 1.807) is 4.68 Å². The zero-order valence-electron chi connectivity index (χ0n) is 9.49. The Morgan fingerprint density at radius 2 is 2.24 bits per heavy atom. The number of hydrogen-bond donors (Lipinski definition) is 2. The molecule has 3 N–H and O–H groups in total. The average molecular weight is 236 g/mol. The normalized spacial score (nSPS) is 32.9. The second-order valence-corrected chi connectivity index (χ2v) is 5.14. The van der Waals surface area contributed by atoms with Crippen LogP contribution in [-0.4, -0.2) is 32.1 Å². The molecule has 0 aromatic carbocycles. The van der Waals surface area contributed by atoms with Crippen LogP contribution in [0.1, 0.15) is 43.3 Å². The van der Waals surface area contributed by atoms with Crippen molar-refractivity contribution in [3.63, 3.8) is 0 Å². The highest BCUT2D eigenvalue weighted by molar-refractivity contribution is 5.70. The van der Waals surface area contributed by atoms with Gasteiger partial charge in [-0.1, -0.05) is 5.21 Å². The molecule has 1 aromatic rings. The van der Waals surface area contributed by atoms with Crippen molar-refractivity contribution < 1.29 is 9.90 Å². The highest BCUT2D eigenvalue weighted by Gasteiger charge is 2.38. The largest absolute Gasteiger partial charge is 0.481 e. The average Bonchev–Trinajstić information content (AvgIpc) is 2.88. The van der Waals surface area contributed by atoms with Gasteiger partial charge in [0.05, 0.1) is 17.7 Å². The van der Waals surface area contributed by atoms with Gasteiger partial charge in [-0.25, -0.2) is 4.68 Å². The van der Waals surface area contributed by atoms with Crippen LogP contribution in [0.15, 0.2) is 6.20 Å².